The summed E-state index contributed by atoms with van der Waals surface area (Å²) in [5.41, 5.74) is -0.159. The van der Waals surface area contributed by atoms with E-state index < -0.39 is 23.5 Å². The van der Waals surface area contributed by atoms with Crippen LogP contribution in [-0.4, -0.2) is 34.4 Å². The molecule has 0 bridgehead atoms. The van der Waals surface area contributed by atoms with Gasteiger partial charge in [0.15, 0.2) is 0 Å². The van der Waals surface area contributed by atoms with Crippen molar-refractivity contribution < 1.29 is 14.3 Å². The zero-order valence-corrected chi connectivity index (χ0v) is 13.3. The molecular formula is C16H19N3O4. The van der Waals surface area contributed by atoms with Gasteiger partial charge in [-0.15, -0.1) is 0 Å². The zero-order chi connectivity index (χ0) is 17.0. The van der Waals surface area contributed by atoms with Crippen LogP contribution in [0.15, 0.2) is 35.4 Å². The van der Waals surface area contributed by atoms with Crippen LogP contribution in [0, 0.1) is 5.92 Å². The maximum Gasteiger partial charge on any atom is 0.328 e. The van der Waals surface area contributed by atoms with E-state index in [4.69, 9.17) is 4.74 Å². The summed E-state index contributed by atoms with van der Waals surface area (Å²) in [6.07, 6.45) is 3.17. The van der Waals surface area contributed by atoms with E-state index in [1.165, 1.54) is 23.9 Å². The van der Waals surface area contributed by atoms with Crippen LogP contribution in [0.1, 0.15) is 30.6 Å². The highest BCUT2D eigenvalue weighted by atomic mass is 16.5. The minimum absolute atomic E-state index is 0.119. The number of rotatable bonds is 5. The highest BCUT2D eigenvalue weighted by Gasteiger charge is 2.24. The third-order valence-electron chi connectivity index (χ3n) is 3.36. The molecule has 2 heterocycles. The first-order valence-electron chi connectivity index (χ1n) is 7.29. The summed E-state index contributed by atoms with van der Waals surface area (Å²) in [5.74, 6) is -1.01. The van der Waals surface area contributed by atoms with Crippen molar-refractivity contribution >= 4 is 17.5 Å². The topological polar surface area (TPSA) is 89.8 Å². The minimum Gasteiger partial charge on any atom is -0.467 e. The third-order valence-corrected chi connectivity index (χ3v) is 3.36. The molecule has 1 atom stereocenters. The Bertz CT molecular complexity index is 782. The van der Waals surface area contributed by atoms with E-state index in [9.17, 15) is 14.4 Å². The highest BCUT2D eigenvalue weighted by Crippen LogP contribution is 2.07. The van der Waals surface area contributed by atoms with Crippen LogP contribution in [0.5, 0.6) is 0 Å². The average molecular weight is 317 g/mol. The Labute approximate surface area is 133 Å². The number of methoxy groups -OCH3 is 1. The second-order valence-corrected chi connectivity index (χ2v) is 5.58. The Morgan fingerprint density at radius 3 is 2.74 bits per heavy atom. The number of pyridine rings is 1. The highest BCUT2D eigenvalue weighted by molar-refractivity contribution is 5.96. The van der Waals surface area contributed by atoms with E-state index >= 15 is 0 Å². The lowest BCUT2D eigenvalue weighted by atomic mass is 10.0. The first kappa shape index (κ1) is 16.7. The molecular weight excluding hydrogens is 298 g/mol. The molecule has 0 aliphatic heterocycles. The first-order valence-corrected chi connectivity index (χ1v) is 7.29. The molecule has 1 unspecified atom stereocenters. The fourth-order valence-corrected chi connectivity index (χ4v) is 2.25. The predicted molar refractivity (Wildman–Crippen MR) is 84.2 cm³/mol. The number of aromatic nitrogens is 2. The number of nitrogens with zero attached hydrogens (tertiary/aromatic N) is 2. The van der Waals surface area contributed by atoms with Crippen LogP contribution in [0.2, 0.25) is 0 Å². The average Bonchev–Trinajstić information content (AvgIpc) is 2.53. The molecule has 2 aromatic rings. The van der Waals surface area contributed by atoms with Crippen LogP contribution in [0.4, 0.5) is 0 Å². The molecule has 0 saturated heterocycles. The minimum atomic E-state index is -0.802. The van der Waals surface area contributed by atoms with Crippen LogP contribution in [0.25, 0.3) is 5.65 Å². The smallest absolute Gasteiger partial charge is 0.328 e. The van der Waals surface area contributed by atoms with Gasteiger partial charge in [0.05, 0.1) is 7.11 Å². The van der Waals surface area contributed by atoms with E-state index in [0.29, 0.717) is 12.1 Å². The Morgan fingerprint density at radius 2 is 2.09 bits per heavy atom. The van der Waals surface area contributed by atoms with Crippen molar-refractivity contribution in [3.63, 3.8) is 0 Å². The Kier molecular flexibility index (Phi) is 5.10. The summed E-state index contributed by atoms with van der Waals surface area (Å²) < 4.78 is 5.98. The number of carbonyl (C=O) groups is 2. The number of esters is 1. The Balaban J connectivity index is 2.30. The number of nitrogens with one attached hydrogen (secondary N) is 1. The standard InChI is InChI=1S/C16H19N3O4/c1-10(2)8-12(16(22)23-3)18-14(20)11-9-17-13-6-4-5-7-19(13)15(11)21/h4-7,9-10,12H,8H2,1-3H3,(H,18,20). The molecule has 7 nitrogen and oxygen atoms in total. The molecule has 2 rings (SSSR count). The zero-order valence-electron chi connectivity index (χ0n) is 13.3. The molecule has 23 heavy (non-hydrogen) atoms. The van der Waals surface area contributed by atoms with Gasteiger partial charge in [-0.1, -0.05) is 19.9 Å². The van der Waals surface area contributed by atoms with Crippen molar-refractivity contribution in [1.82, 2.24) is 14.7 Å². The quantitative estimate of drug-likeness (QED) is 0.831. The van der Waals surface area contributed by atoms with Crippen LogP contribution < -0.4 is 10.9 Å². The van der Waals surface area contributed by atoms with E-state index in [1.54, 1.807) is 18.2 Å². The molecule has 7 heteroatoms. The normalized spacial score (nSPS) is 12.2. The molecule has 0 saturated carbocycles. The van der Waals surface area contributed by atoms with Gasteiger partial charge in [-0.05, 0) is 24.5 Å². The fraction of sp³-hybridized carbons (Fsp3) is 0.375. The lowest BCUT2D eigenvalue weighted by Gasteiger charge is -2.18. The first-order chi connectivity index (χ1) is 10.9. The van der Waals surface area contributed by atoms with Gasteiger partial charge in [0.2, 0.25) is 0 Å². The van der Waals surface area contributed by atoms with Gasteiger partial charge in [-0.25, -0.2) is 9.78 Å². The number of fused-ring (bicyclic) bond motifs is 1. The van der Waals surface area contributed by atoms with Gasteiger partial charge in [0, 0.05) is 12.4 Å². The van der Waals surface area contributed by atoms with Crippen molar-refractivity contribution in [1.29, 1.82) is 0 Å². The summed E-state index contributed by atoms with van der Waals surface area (Å²) in [5, 5.41) is 2.55. The van der Waals surface area contributed by atoms with Crippen LogP contribution in [0.3, 0.4) is 0 Å². The summed E-state index contributed by atoms with van der Waals surface area (Å²) in [7, 11) is 1.26. The second kappa shape index (κ2) is 7.04. The molecule has 1 N–H and O–H groups in total. The summed E-state index contributed by atoms with van der Waals surface area (Å²) in [4.78, 5) is 40.6. The van der Waals surface area contributed by atoms with Crippen molar-refractivity contribution in [2.75, 3.05) is 7.11 Å². The monoisotopic (exact) mass is 317 g/mol. The summed E-state index contributed by atoms with van der Waals surface area (Å²) >= 11 is 0. The summed E-state index contributed by atoms with van der Waals surface area (Å²) in [6, 6.07) is 4.29. The van der Waals surface area contributed by atoms with Gasteiger partial charge >= 0.3 is 5.97 Å². The van der Waals surface area contributed by atoms with Gasteiger partial charge < -0.3 is 10.1 Å². The number of hydrogen-bond donors (Lipinski definition) is 1. The second-order valence-electron chi connectivity index (χ2n) is 5.58. The Morgan fingerprint density at radius 1 is 1.35 bits per heavy atom. The van der Waals surface area contributed by atoms with Crippen LogP contribution in [-0.2, 0) is 9.53 Å². The van der Waals surface area contributed by atoms with E-state index in [0.717, 1.165) is 0 Å². The Hall–Kier alpha value is -2.70. The number of hydrogen-bond acceptors (Lipinski definition) is 5. The molecule has 0 aromatic carbocycles. The van der Waals surface area contributed by atoms with Crippen molar-refractivity contribution in [3.8, 4) is 0 Å². The van der Waals surface area contributed by atoms with Gasteiger partial charge in [0.25, 0.3) is 11.5 Å². The molecule has 0 radical (unpaired) electrons. The fourth-order valence-electron chi connectivity index (χ4n) is 2.25. The lowest BCUT2D eigenvalue weighted by molar-refractivity contribution is -0.143. The largest absolute Gasteiger partial charge is 0.467 e. The van der Waals surface area contributed by atoms with E-state index in [-0.39, 0.29) is 11.5 Å². The van der Waals surface area contributed by atoms with Crippen molar-refractivity contribution in [2.24, 2.45) is 5.92 Å². The lowest BCUT2D eigenvalue weighted by Crippen LogP contribution is -2.44. The number of amides is 1. The molecule has 0 aliphatic rings. The maximum atomic E-state index is 12.4. The van der Waals surface area contributed by atoms with Gasteiger partial charge in [-0.3, -0.25) is 14.0 Å². The molecule has 0 fully saturated rings. The van der Waals surface area contributed by atoms with Gasteiger partial charge in [-0.2, -0.15) is 0 Å². The molecule has 122 valence electrons. The molecule has 1 amide bonds. The molecule has 0 spiro atoms. The van der Waals surface area contributed by atoms with Gasteiger partial charge in [0.1, 0.15) is 17.3 Å². The van der Waals surface area contributed by atoms with E-state index in [1.807, 2.05) is 13.8 Å². The maximum absolute atomic E-state index is 12.4. The van der Waals surface area contributed by atoms with Crippen molar-refractivity contribution in [2.45, 2.75) is 26.3 Å². The molecule has 0 aliphatic carbocycles. The number of carbonyl (C=O) groups excluding carboxylic acids is 2. The summed E-state index contributed by atoms with van der Waals surface area (Å²) in [6.45, 7) is 3.85. The van der Waals surface area contributed by atoms with E-state index in [2.05, 4.69) is 10.3 Å². The van der Waals surface area contributed by atoms with Crippen molar-refractivity contribution in [3.05, 3.63) is 46.5 Å². The number of ether oxygens (including phenoxy) is 1. The van der Waals surface area contributed by atoms with Crippen LogP contribution >= 0.6 is 0 Å². The third kappa shape index (κ3) is 3.74. The predicted octanol–water partition coefficient (Wildman–Crippen LogP) is 1.01. The SMILES string of the molecule is COC(=O)C(CC(C)C)NC(=O)c1cnc2ccccn2c1=O. The molecule has 2 aromatic heterocycles.